The Bertz CT molecular complexity index is 745. The summed E-state index contributed by atoms with van der Waals surface area (Å²) in [4.78, 5) is 38.0. The van der Waals surface area contributed by atoms with Gasteiger partial charge in [0.25, 0.3) is 0 Å². The lowest BCUT2D eigenvalue weighted by Crippen LogP contribution is -2.52. The van der Waals surface area contributed by atoms with E-state index in [1.165, 1.54) is 6.42 Å². The van der Waals surface area contributed by atoms with Crippen LogP contribution in [0.2, 0.25) is 0 Å². The molecule has 30 heavy (non-hydrogen) atoms. The van der Waals surface area contributed by atoms with E-state index in [1.807, 2.05) is 13.0 Å². The molecule has 1 saturated carbocycles. The van der Waals surface area contributed by atoms with Crippen molar-refractivity contribution in [2.75, 3.05) is 37.6 Å². The Hall–Kier alpha value is -2.22. The minimum Gasteiger partial charge on any atom is -0.354 e. The number of rotatable bonds is 5. The Morgan fingerprint density at radius 3 is 2.50 bits per heavy atom. The normalized spacial score (nSPS) is 22.8. The van der Waals surface area contributed by atoms with Gasteiger partial charge >= 0.3 is 6.03 Å². The maximum atomic E-state index is 12.3. The van der Waals surface area contributed by atoms with Crippen LogP contribution in [0.15, 0.2) is 6.07 Å². The third kappa shape index (κ3) is 6.14. The molecule has 3 amide bonds. The lowest BCUT2D eigenvalue weighted by atomic mass is 9.86. The van der Waals surface area contributed by atoms with Gasteiger partial charge in [-0.3, -0.25) is 15.0 Å². The van der Waals surface area contributed by atoms with Crippen LogP contribution in [0.4, 0.5) is 10.6 Å². The number of piperazine rings is 1. The second-order valence-corrected chi connectivity index (χ2v) is 9.03. The maximum Gasteiger partial charge on any atom is 0.321 e. The number of amides is 3. The summed E-state index contributed by atoms with van der Waals surface area (Å²) >= 11 is 0. The third-order valence-electron chi connectivity index (χ3n) is 6.12. The van der Waals surface area contributed by atoms with Gasteiger partial charge in [0.1, 0.15) is 11.6 Å². The van der Waals surface area contributed by atoms with Gasteiger partial charge in [0.2, 0.25) is 5.91 Å². The van der Waals surface area contributed by atoms with Crippen molar-refractivity contribution in [1.82, 2.24) is 25.5 Å². The molecule has 2 heterocycles. The number of imide groups is 1. The number of carbonyl (C=O) groups excluding carboxylic acids is 2. The molecule has 1 aliphatic carbocycles. The van der Waals surface area contributed by atoms with Gasteiger partial charge in [-0.2, -0.15) is 0 Å². The van der Waals surface area contributed by atoms with Crippen LogP contribution in [-0.4, -0.2) is 65.6 Å². The largest absolute Gasteiger partial charge is 0.354 e. The lowest BCUT2D eigenvalue weighted by molar-refractivity contribution is -0.121. The number of carbonyl (C=O) groups is 2. The van der Waals surface area contributed by atoms with Crippen molar-refractivity contribution in [1.29, 1.82) is 0 Å². The highest BCUT2D eigenvalue weighted by Gasteiger charge is 2.25. The molecule has 0 radical (unpaired) electrons. The third-order valence-corrected chi connectivity index (χ3v) is 6.12. The first-order chi connectivity index (χ1) is 14.3. The Kier molecular flexibility index (Phi) is 7.64. The van der Waals surface area contributed by atoms with Crippen LogP contribution in [0.5, 0.6) is 0 Å². The van der Waals surface area contributed by atoms with Gasteiger partial charge in [0, 0.05) is 49.9 Å². The summed E-state index contributed by atoms with van der Waals surface area (Å²) in [6.07, 6.45) is 4.48. The van der Waals surface area contributed by atoms with Gasteiger partial charge in [-0.15, -0.1) is 0 Å². The maximum absolute atomic E-state index is 12.3. The van der Waals surface area contributed by atoms with Gasteiger partial charge in [0.15, 0.2) is 0 Å². The van der Waals surface area contributed by atoms with Crippen LogP contribution in [0, 0.1) is 12.8 Å². The Morgan fingerprint density at radius 1 is 1.13 bits per heavy atom. The second-order valence-electron chi connectivity index (χ2n) is 9.03. The van der Waals surface area contributed by atoms with Crippen LogP contribution >= 0.6 is 0 Å². The number of nitrogens with zero attached hydrogens (tertiary/aromatic N) is 4. The average Bonchev–Trinajstić information content (AvgIpc) is 2.69. The van der Waals surface area contributed by atoms with Crippen molar-refractivity contribution in [2.45, 2.75) is 65.3 Å². The summed E-state index contributed by atoms with van der Waals surface area (Å²) in [6.45, 7) is 11.7. The zero-order valence-corrected chi connectivity index (χ0v) is 18.8. The number of aromatic nitrogens is 2. The highest BCUT2D eigenvalue weighted by Crippen LogP contribution is 2.23. The Labute approximate surface area is 179 Å². The standard InChI is InChI=1S/C22H36N6O2/c1-15(2)21-23-17(4)13-19(25-21)28-11-9-27(10-12-28)14-20(29)26-22(30)24-18-8-6-5-7-16(18)3/h13,15-16,18H,5-12,14H2,1-4H3,(H2,24,26,29,30). The molecular formula is C22H36N6O2. The van der Waals surface area contributed by atoms with E-state index < -0.39 is 0 Å². The quantitative estimate of drug-likeness (QED) is 0.766. The molecule has 2 aliphatic rings. The fourth-order valence-corrected chi connectivity index (χ4v) is 4.23. The molecule has 1 aromatic rings. The predicted molar refractivity (Wildman–Crippen MR) is 118 cm³/mol. The molecule has 166 valence electrons. The average molecular weight is 417 g/mol. The van der Waals surface area contributed by atoms with Crippen molar-refractivity contribution in [3.63, 3.8) is 0 Å². The summed E-state index contributed by atoms with van der Waals surface area (Å²) in [5, 5.41) is 5.47. The van der Waals surface area contributed by atoms with Crippen molar-refractivity contribution in [3.8, 4) is 0 Å². The van der Waals surface area contributed by atoms with E-state index in [-0.39, 0.29) is 30.4 Å². The molecule has 1 saturated heterocycles. The first-order valence-electron chi connectivity index (χ1n) is 11.2. The molecule has 2 atom stereocenters. The van der Waals surface area contributed by atoms with Crippen LogP contribution in [0.25, 0.3) is 0 Å². The summed E-state index contributed by atoms with van der Waals surface area (Å²) in [5.41, 5.74) is 0.976. The number of aryl methyl sites for hydroxylation is 1. The minimum atomic E-state index is -0.366. The van der Waals surface area contributed by atoms with Crippen LogP contribution in [-0.2, 0) is 4.79 Å². The van der Waals surface area contributed by atoms with Crippen molar-refractivity contribution in [3.05, 3.63) is 17.6 Å². The van der Waals surface area contributed by atoms with E-state index in [1.54, 1.807) is 0 Å². The smallest absolute Gasteiger partial charge is 0.321 e. The molecule has 2 fully saturated rings. The summed E-state index contributed by atoms with van der Waals surface area (Å²) in [6, 6.07) is 1.82. The van der Waals surface area contributed by atoms with E-state index >= 15 is 0 Å². The van der Waals surface area contributed by atoms with E-state index in [2.05, 4.69) is 46.2 Å². The van der Waals surface area contributed by atoms with E-state index in [9.17, 15) is 9.59 Å². The SMILES string of the molecule is Cc1cc(N2CCN(CC(=O)NC(=O)NC3CCCCC3C)CC2)nc(C(C)C)n1. The Morgan fingerprint density at radius 2 is 1.83 bits per heavy atom. The number of hydrogen-bond donors (Lipinski definition) is 2. The zero-order valence-electron chi connectivity index (χ0n) is 18.8. The molecule has 0 bridgehead atoms. The minimum absolute atomic E-state index is 0.169. The monoisotopic (exact) mass is 416 g/mol. The molecule has 1 aromatic heterocycles. The first kappa shape index (κ1) is 22.5. The molecule has 2 unspecified atom stereocenters. The van der Waals surface area contributed by atoms with Crippen molar-refractivity contribution in [2.24, 2.45) is 5.92 Å². The summed E-state index contributed by atoms with van der Waals surface area (Å²) in [5.74, 6) is 2.33. The summed E-state index contributed by atoms with van der Waals surface area (Å²) in [7, 11) is 0. The number of nitrogens with one attached hydrogen (secondary N) is 2. The van der Waals surface area contributed by atoms with Crippen molar-refractivity contribution < 1.29 is 9.59 Å². The molecule has 3 rings (SSSR count). The zero-order chi connectivity index (χ0) is 21.7. The van der Waals surface area contributed by atoms with Crippen molar-refractivity contribution >= 4 is 17.8 Å². The van der Waals surface area contributed by atoms with Gasteiger partial charge in [0.05, 0.1) is 6.54 Å². The molecular weight excluding hydrogens is 380 g/mol. The van der Waals surface area contributed by atoms with Crippen LogP contribution < -0.4 is 15.5 Å². The highest BCUT2D eigenvalue weighted by molar-refractivity contribution is 5.95. The Balaban J connectivity index is 1.44. The topological polar surface area (TPSA) is 90.5 Å². The van der Waals surface area contributed by atoms with E-state index in [4.69, 9.17) is 4.98 Å². The van der Waals surface area contributed by atoms with E-state index in [0.29, 0.717) is 5.92 Å². The fourth-order valence-electron chi connectivity index (χ4n) is 4.23. The molecule has 2 N–H and O–H groups in total. The molecule has 0 spiro atoms. The van der Waals surface area contributed by atoms with Gasteiger partial charge in [-0.05, 0) is 25.7 Å². The van der Waals surface area contributed by atoms with Gasteiger partial charge < -0.3 is 10.2 Å². The summed E-state index contributed by atoms with van der Waals surface area (Å²) < 4.78 is 0. The predicted octanol–water partition coefficient (Wildman–Crippen LogP) is 2.43. The van der Waals surface area contributed by atoms with Crippen LogP contribution in [0.1, 0.15) is 63.9 Å². The molecule has 1 aliphatic heterocycles. The molecule has 8 nitrogen and oxygen atoms in total. The van der Waals surface area contributed by atoms with Crippen LogP contribution in [0.3, 0.4) is 0 Å². The fraction of sp³-hybridized carbons (Fsp3) is 0.727. The number of hydrogen-bond acceptors (Lipinski definition) is 6. The number of anilines is 1. The molecule has 8 heteroatoms. The second kappa shape index (κ2) is 10.2. The lowest BCUT2D eigenvalue weighted by Gasteiger charge is -2.35. The number of urea groups is 1. The highest BCUT2D eigenvalue weighted by atomic mass is 16.2. The van der Waals surface area contributed by atoms with Gasteiger partial charge in [-0.25, -0.2) is 14.8 Å². The van der Waals surface area contributed by atoms with Gasteiger partial charge in [-0.1, -0.05) is 33.6 Å². The first-order valence-corrected chi connectivity index (χ1v) is 11.2. The van der Waals surface area contributed by atoms with E-state index in [0.717, 1.165) is 62.8 Å². The molecule has 0 aromatic carbocycles.